The van der Waals surface area contributed by atoms with Gasteiger partial charge in [-0.25, -0.2) is 0 Å². The van der Waals surface area contributed by atoms with Crippen molar-refractivity contribution in [2.75, 3.05) is 32.2 Å². The summed E-state index contributed by atoms with van der Waals surface area (Å²) >= 11 is 6.22. The molecule has 0 spiro atoms. The lowest BCUT2D eigenvalue weighted by Crippen LogP contribution is -2.45. The van der Waals surface area contributed by atoms with Crippen LogP contribution in [0.3, 0.4) is 0 Å². The Kier molecular flexibility index (Phi) is 6.90. The van der Waals surface area contributed by atoms with Crippen molar-refractivity contribution in [1.29, 1.82) is 0 Å². The number of amides is 1. The maximum atomic E-state index is 12.7. The van der Waals surface area contributed by atoms with E-state index in [1.807, 2.05) is 13.8 Å². The zero-order valence-corrected chi connectivity index (χ0v) is 15.3. The van der Waals surface area contributed by atoms with E-state index >= 15 is 0 Å². The van der Waals surface area contributed by atoms with Gasteiger partial charge in [-0.05, 0) is 50.3 Å². The Morgan fingerprint density at radius 2 is 2.08 bits per heavy atom. The molecule has 0 heterocycles. The molecule has 0 aromatic heterocycles. The zero-order valence-electron chi connectivity index (χ0n) is 14.6. The van der Waals surface area contributed by atoms with Crippen molar-refractivity contribution < 1.29 is 19.0 Å². The van der Waals surface area contributed by atoms with Crippen LogP contribution in [0.15, 0.2) is 18.2 Å². The van der Waals surface area contributed by atoms with Crippen molar-refractivity contribution in [2.24, 2.45) is 5.92 Å². The molecule has 0 radical (unpaired) electrons. The third kappa shape index (κ3) is 4.85. The maximum absolute atomic E-state index is 12.7. The maximum Gasteiger partial charge on any atom is 0.256 e. The molecule has 1 N–H and O–H groups in total. The van der Waals surface area contributed by atoms with Crippen molar-refractivity contribution >= 4 is 23.2 Å². The van der Waals surface area contributed by atoms with Crippen molar-refractivity contribution in [3.05, 3.63) is 23.2 Å². The minimum atomic E-state index is -0.782. The summed E-state index contributed by atoms with van der Waals surface area (Å²) in [5.74, 6) is 0.734. The number of nitrogens with one attached hydrogen (secondary N) is 1. The van der Waals surface area contributed by atoms with Gasteiger partial charge in [-0.3, -0.25) is 4.79 Å². The van der Waals surface area contributed by atoms with Crippen LogP contribution in [0.25, 0.3) is 0 Å². The van der Waals surface area contributed by atoms with Gasteiger partial charge < -0.3 is 19.5 Å². The van der Waals surface area contributed by atoms with E-state index in [-0.39, 0.29) is 11.8 Å². The number of carbonyl (C=O) groups excluding carboxylic acids is 1. The van der Waals surface area contributed by atoms with Crippen LogP contribution in [0.4, 0.5) is 5.69 Å². The summed E-state index contributed by atoms with van der Waals surface area (Å²) in [6.45, 7) is 5.40. The molecule has 5 nitrogen and oxygen atoms in total. The van der Waals surface area contributed by atoms with Crippen LogP contribution in [-0.4, -0.2) is 38.4 Å². The van der Waals surface area contributed by atoms with Gasteiger partial charge in [0.25, 0.3) is 5.91 Å². The molecule has 6 heteroatoms. The summed E-state index contributed by atoms with van der Waals surface area (Å²) in [6, 6.07) is 5.21. The van der Waals surface area contributed by atoms with Gasteiger partial charge in [0.2, 0.25) is 0 Å². The standard InChI is InChI=1S/C18H26ClNO4/c1-4-9-24-18(2,13-5-6-13)17(21)20-14-7-8-16(15(19)12-14)23-11-10-22-3/h7-8,12-13H,4-6,9-11H2,1-3H3,(H,20,21)/t18-/m0/s1. The molecule has 0 unspecified atom stereocenters. The predicted molar refractivity (Wildman–Crippen MR) is 94.8 cm³/mol. The molecule has 0 aliphatic heterocycles. The molecule has 1 aliphatic carbocycles. The normalized spacial score (nSPS) is 16.5. The molecular formula is C18H26ClNO4. The lowest BCUT2D eigenvalue weighted by molar-refractivity contribution is -0.142. The van der Waals surface area contributed by atoms with Crippen molar-refractivity contribution in [1.82, 2.24) is 0 Å². The molecule has 1 fully saturated rings. The third-order valence-electron chi connectivity index (χ3n) is 4.15. The number of carbonyl (C=O) groups is 1. The van der Waals surface area contributed by atoms with Crippen LogP contribution >= 0.6 is 11.6 Å². The van der Waals surface area contributed by atoms with E-state index in [4.69, 9.17) is 25.8 Å². The second-order valence-corrected chi connectivity index (χ2v) is 6.58. The third-order valence-corrected chi connectivity index (χ3v) is 4.44. The number of benzene rings is 1. The number of halogens is 1. The first-order valence-electron chi connectivity index (χ1n) is 8.38. The van der Waals surface area contributed by atoms with Gasteiger partial charge in [0.15, 0.2) is 0 Å². The van der Waals surface area contributed by atoms with Gasteiger partial charge in [0.1, 0.15) is 18.0 Å². The highest BCUT2D eigenvalue weighted by Gasteiger charge is 2.48. The molecule has 0 saturated heterocycles. The highest BCUT2D eigenvalue weighted by atomic mass is 35.5. The second kappa shape index (κ2) is 8.70. The van der Waals surface area contributed by atoms with Gasteiger partial charge in [-0.15, -0.1) is 0 Å². The van der Waals surface area contributed by atoms with Gasteiger partial charge in [0, 0.05) is 19.4 Å². The molecule has 24 heavy (non-hydrogen) atoms. The molecule has 1 aliphatic rings. The fourth-order valence-corrected chi connectivity index (χ4v) is 2.74. The fourth-order valence-electron chi connectivity index (χ4n) is 2.50. The molecule has 134 valence electrons. The topological polar surface area (TPSA) is 56.8 Å². The van der Waals surface area contributed by atoms with Crippen LogP contribution in [0, 0.1) is 5.92 Å². The largest absolute Gasteiger partial charge is 0.490 e. The quantitative estimate of drug-likeness (QED) is 0.647. The molecule has 2 rings (SSSR count). The molecule has 1 aromatic rings. The number of anilines is 1. The van der Waals surface area contributed by atoms with Gasteiger partial charge in [-0.1, -0.05) is 18.5 Å². The van der Waals surface area contributed by atoms with E-state index in [9.17, 15) is 4.79 Å². The Labute approximate surface area is 148 Å². The average molecular weight is 356 g/mol. The number of hydrogen-bond acceptors (Lipinski definition) is 4. The molecule has 1 amide bonds. The van der Waals surface area contributed by atoms with Crippen molar-refractivity contribution in [3.8, 4) is 5.75 Å². The monoisotopic (exact) mass is 355 g/mol. The molecule has 0 bridgehead atoms. The number of ether oxygens (including phenoxy) is 3. The van der Waals surface area contributed by atoms with Gasteiger partial charge in [0.05, 0.1) is 11.6 Å². The van der Waals surface area contributed by atoms with Crippen LogP contribution in [0.2, 0.25) is 5.02 Å². The summed E-state index contributed by atoms with van der Waals surface area (Å²) in [5.41, 5.74) is -0.146. The molecule has 1 saturated carbocycles. The van der Waals surface area contributed by atoms with Crippen LogP contribution in [0.1, 0.15) is 33.1 Å². The Balaban J connectivity index is 2.01. The zero-order chi connectivity index (χ0) is 17.6. The SMILES string of the molecule is CCCO[C@](C)(C(=O)Nc1ccc(OCCOC)c(Cl)c1)C1CC1. The Morgan fingerprint density at radius 3 is 2.67 bits per heavy atom. The number of hydrogen-bond donors (Lipinski definition) is 1. The predicted octanol–water partition coefficient (Wildman–Crippen LogP) is 3.90. The lowest BCUT2D eigenvalue weighted by atomic mass is 9.98. The lowest BCUT2D eigenvalue weighted by Gasteiger charge is -2.28. The van der Waals surface area contributed by atoms with E-state index in [1.165, 1.54) is 0 Å². The second-order valence-electron chi connectivity index (χ2n) is 6.17. The van der Waals surface area contributed by atoms with E-state index in [1.54, 1.807) is 25.3 Å². The minimum Gasteiger partial charge on any atom is -0.490 e. The Morgan fingerprint density at radius 1 is 1.33 bits per heavy atom. The van der Waals surface area contributed by atoms with Crippen LogP contribution < -0.4 is 10.1 Å². The fraction of sp³-hybridized carbons (Fsp3) is 0.611. The van der Waals surface area contributed by atoms with Crippen molar-refractivity contribution in [3.63, 3.8) is 0 Å². The van der Waals surface area contributed by atoms with Gasteiger partial charge >= 0.3 is 0 Å². The van der Waals surface area contributed by atoms with Crippen LogP contribution in [0.5, 0.6) is 5.75 Å². The Bertz CT molecular complexity index is 562. The summed E-state index contributed by atoms with van der Waals surface area (Å²) in [4.78, 5) is 12.7. The first-order chi connectivity index (χ1) is 11.5. The highest BCUT2D eigenvalue weighted by Crippen LogP contribution is 2.42. The number of methoxy groups -OCH3 is 1. The first-order valence-corrected chi connectivity index (χ1v) is 8.75. The average Bonchev–Trinajstić information content (AvgIpc) is 3.40. The van der Waals surface area contributed by atoms with Crippen LogP contribution in [-0.2, 0) is 14.3 Å². The summed E-state index contributed by atoms with van der Waals surface area (Å²) in [6.07, 6.45) is 2.94. The first kappa shape index (κ1) is 19.0. The van der Waals surface area contributed by atoms with E-state index < -0.39 is 5.60 Å². The van der Waals surface area contributed by atoms with Gasteiger partial charge in [-0.2, -0.15) is 0 Å². The summed E-state index contributed by atoms with van der Waals surface area (Å²) in [5, 5.41) is 3.37. The molecule has 1 atom stereocenters. The highest BCUT2D eigenvalue weighted by molar-refractivity contribution is 6.32. The van der Waals surface area contributed by atoms with E-state index in [0.717, 1.165) is 19.3 Å². The Hall–Kier alpha value is -1.30. The molecule has 1 aromatic carbocycles. The van der Waals surface area contributed by atoms with E-state index in [0.29, 0.717) is 36.3 Å². The molecular weight excluding hydrogens is 330 g/mol. The minimum absolute atomic E-state index is 0.123. The summed E-state index contributed by atoms with van der Waals surface area (Å²) in [7, 11) is 1.61. The van der Waals surface area contributed by atoms with E-state index in [2.05, 4.69) is 5.32 Å². The smallest absolute Gasteiger partial charge is 0.256 e. The number of rotatable bonds is 10. The summed E-state index contributed by atoms with van der Waals surface area (Å²) < 4.78 is 16.3. The van der Waals surface area contributed by atoms with Crippen molar-refractivity contribution in [2.45, 2.75) is 38.7 Å².